The van der Waals surface area contributed by atoms with E-state index in [1.165, 1.54) is 0 Å². The van der Waals surface area contributed by atoms with E-state index in [0.717, 1.165) is 36.1 Å². The molecule has 0 aromatic heterocycles. The molecule has 2 saturated heterocycles. The quantitative estimate of drug-likeness (QED) is 0.878. The average Bonchev–Trinajstić information content (AvgIpc) is 3.19. The van der Waals surface area contributed by atoms with Gasteiger partial charge in [-0.25, -0.2) is 0 Å². The van der Waals surface area contributed by atoms with E-state index >= 15 is 0 Å². The largest absolute Gasteiger partial charge is 0.391 e. The van der Waals surface area contributed by atoms with Gasteiger partial charge in [0.25, 0.3) is 0 Å². The highest BCUT2D eigenvalue weighted by atomic mass is 35.5. The predicted molar refractivity (Wildman–Crippen MR) is 97.0 cm³/mol. The smallest absolute Gasteiger partial charge is 0.158 e. The number of halogens is 1. The molecule has 0 amide bonds. The Balaban J connectivity index is 1.69. The van der Waals surface area contributed by atoms with Crippen LogP contribution in [0.5, 0.6) is 0 Å². The second-order valence-electron chi connectivity index (χ2n) is 7.06. The van der Waals surface area contributed by atoms with Crippen molar-refractivity contribution >= 4 is 17.3 Å². The maximum absolute atomic E-state index is 10.5. The number of nitriles is 1. The van der Waals surface area contributed by atoms with Gasteiger partial charge >= 0.3 is 0 Å². The third kappa shape index (κ3) is 2.99. The highest BCUT2D eigenvalue weighted by Crippen LogP contribution is 2.35. The van der Waals surface area contributed by atoms with E-state index in [1.807, 2.05) is 18.0 Å². The van der Waals surface area contributed by atoms with Gasteiger partial charge in [-0.3, -0.25) is 5.01 Å². The van der Waals surface area contributed by atoms with E-state index in [1.54, 1.807) is 6.07 Å². The van der Waals surface area contributed by atoms with Gasteiger partial charge in [0.05, 0.1) is 22.4 Å². The van der Waals surface area contributed by atoms with Crippen LogP contribution in [0.25, 0.3) is 0 Å². The van der Waals surface area contributed by atoms with Gasteiger partial charge in [-0.05, 0) is 44.2 Å². The fourth-order valence-electron chi connectivity index (χ4n) is 4.00. The molecule has 138 valence electrons. The van der Waals surface area contributed by atoms with Gasteiger partial charge in [-0.1, -0.05) is 17.7 Å². The zero-order valence-electron chi connectivity index (χ0n) is 14.7. The third-order valence-corrected chi connectivity index (χ3v) is 5.91. The van der Waals surface area contributed by atoms with Crippen LogP contribution in [0.15, 0.2) is 17.2 Å². The topological polar surface area (TPSA) is 78.1 Å². The van der Waals surface area contributed by atoms with Crippen LogP contribution in [0.4, 0.5) is 0 Å². The number of benzene rings is 1. The minimum absolute atomic E-state index is 0.204. The van der Waals surface area contributed by atoms with Crippen molar-refractivity contribution in [1.82, 2.24) is 5.01 Å². The number of hydrogen-bond acceptors (Lipinski definition) is 6. The van der Waals surface area contributed by atoms with E-state index in [9.17, 15) is 10.4 Å². The summed E-state index contributed by atoms with van der Waals surface area (Å²) in [6, 6.07) is 5.48. The molecule has 0 saturated carbocycles. The number of hydrazone groups is 1. The van der Waals surface area contributed by atoms with E-state index in [4.69, 9.17) is 26.2 Å². The van der Waals surface area contributed by atoms with Crippen molar-refractivity contribution in [2.75, 3.05) is 13.2 Å². The predicted octanol–water partition coefficient (Wildman–Crippen LogP) is 2.58. The number of aliphatic hydroxyl groups excluding tert-OH is 1. The van der Waals surface area contributed by atoms with Gasteiger partial charge < -0.3 is 14.6 Å². The minimum Gasteiger partial charge on any atom is -0.391 e. The molecule has 1 N–H and O–H groups in total. The molecule has 4 atom stereocenters. The lowest BCUT2D eigenvalue weighted by molar-refractivity contribution is -0.184. The molecular formula is C19H22ClN3O3. The summed E-state index contributed by atoms with van der Waals surface area (Å²) < 4.78 is 12.0. The van der Waals surface area contributed by atoms with Crippen molar-refractivity contribution in [1.29, 1.82) is 5.26 Å². The van der Waals surface area contributed by atoms with Crippen LogP contribution in [0, 0.1) is 18.3 Å². The second kappa shape index (κ2) is 7.16. The molecule has 1 unspecified atom stereocenters. The summed E-state index contributed by atoms with van der Waals surface area (Å²) >= 11 is 6.36. The van der Waals surface area contributed by atoms with Gasteiger partial charge in [0.15, 0.2) is 6.29 Å². The SMILES string of the molecule is Cc1c(C2=NN3CC[C@@H](O)[C@H]3[C@@H]2OC2CCCCO2)ccc(C#N)c1Cl. The highest BCUT2D eigenvalue weighted by Gasteiger charge is 2.48. The number of aliphatic hydroxyl groups is 1. The molecule has 3 heterocycles. The van der Waals surface area contributed by atoms with E-state index in [2.05, 4.69) is 6.07 Å². The van der Waals surface area contributed by atoms with Crippen molar-refractivity contribution in [3.63, 3.8) is 0 Å². The van der Waals surface area contributed by atoms with Gasteiger partial charge in [-0.2, -0.15) is 10.4 Å². The number of rotatable bonds is 3. The van der Waals surface area contributed by atoms with Gasteiger partial charge in [-0.15, -0.1) is 0 Å². The first kappa shape index (κ1) is 17.7. The van der Waals surface area contributed by atoms with Crippen LogP contribution in [-0.4, -0.2) is 53.5 Å². The summed E-state index contributed by atoms with van der Waals surface area (Å²) in [5.74, 6) is 0. The summed E-state index contributed by atoms with van der Waals surface area (Å²) in [5.41, 5.74) is 2.86. The molecule has 1 aromatic carbocycles. The van der Waals surface area contributed by atoms with Crippen molar-refractivity contribution < 1.29 is 14.6 Å². The standard InChI is InChI=1S/C19H22ClN3O3/c1-11-13(6-5-12(10-21)16(11)20)17-19(26-15-4-2-3-9-25-15)18-14(24)7-8-23(18)22-17/h5-6,14-15,18-19,24H,2-4,7-9H2,1H3/t14-,15?,18+,19-/m1/s1. The third-order valence-electron chi connectivity index (χ3n) is 5.43. The van der Waals surface area contributed by atoms with Crippen LogP contribution in [-0.2, 0) is 9.47 Å². The molecule has 6 nitrogen and oxygen atoms in total. The Bertz CT molecular complexity index is 770. The van der Waals surface area contributed by atoms with Crippen molar-refractivity contribution in [3.8, 4) is 6.07 Å². The van der Waals surface area contributed by atoms with Crippen LogP contribution in [0.2, 0.25) is 5.02 Å². The number of ether oxygens (including phenoxy) is 2. The molecule has 0 bridgehead atoms. The van der Waals surface area contributed by atoms with Crippen molar-refractivity contribution in [3.05, 3.63) is 33.8 Å². The van der Waals surface area contributed by atoms with Crippen molar-refractivity contribution in [2.24, 2.45) is 5.10 Å². The molecule has 0 aliphatic carbocycles. The van der Waals surface area contributed by atoms with Gasteiger partial charge in [0.1, 0.15) is 18.2 Å². The minimum atomic E-state index is -0.487. The Morgan fingerprint density at radius 2 is 2.23 bits per heavy atom. The maximum Gasteiger partial charge on any atom is 0.158 e. The lowest BCUT2D eigenvalue weighted by atomic mass is 9.94. The lowest BCUT2D eigenvalue weighted by Crippen LogP contribution is -2.45. The number of hydrogen-bond donors (Lipinski definition) is 1. The van der Waals surface area contributed by atoms with Crippen LogP contribution in [0.1, 0.15) is 42.4 Å². The average molecular weight is 376 g/mol. The first-order chi connectivity index (χ1) is 12.6. The molecule has 3 aliphatic rings. The first-order valence-corrected chi connectivity index (χ1v) is 9.48. The summed E-state index contributed by atoms with van der Waals surface area (Å²) in [6.45, 7) is 3.28. The first-order valence-electron chi connectivity index (χ1n) is 9.10. The molecule has 2 fully saturated rings. The zero-order valence-corrected chi connectivity index (χ0v) is 15.4. The second-order valence-corrected chi connectivity index (χ2v) is 7.44. The Labute approximate surface area is 158 Å². The Hall–Kier alpha value is -1.65. The van der Waals surface area contributed by atoms with E-state index in [0.29, 0.717) is 30.2 Å². The molecule has 7 heteroatoms. The molecule has 1 aromatic rings. The van der Waals surface area contributed by atoms with Gasteiger partial charge in [0.2, 0.25) is 0 Å². The number of fused-ring (bicyclic) bond motifs is 1. The Morgan fingerprint density at radius 1 is 1.38 bits per heavy atom. The molecule has 0 radical (unpaired) electrons. The Kier molecular flexibility index (Phi) is 4.89. The molecular weight excluding hydrogens is 354 g/mol. The van der Waals surface area contributed by atoms with E-state index < -0.39 is 6.10 Å². The summed E-state index contributed by atoms with van der Waals surface area (Å²) in [4.78, 5) is 0. The fraction of sp³-hybridized carbons (Fsp3) is 0.579. The lowest BCUT2D eigenvalue weighted by Gasteiger charge is -2.30. The van der Waals surface area contributed by atoms with Crippen LogP contribution >= 0.6 is 11.6 Å². The summed E-state index contributed by atoms with van der Waals surface area (Å²) in [6.07, 6.45) is 2.51. The van der Waals surface area contributed by atoms with E-state index in [-0.39, 0.29) is 18.4 Å². The van der Waals surface area contributed by atoms with Gasteiger partial charge in [0, 0.05) is 18.7 Å². The summed E-state index contributed by atoms with van der Waals surface area (Å²) in [7, 11) is 0. The van der Waals surface area contributed by atoms with Crippen LogP contribution in [0.3, 0.4) is 0 Å². The normalized spacial score (nSPS) is 30.8. The highest BCUT2D eigenvalue weighted by molar-refractivity contribution is 6.33. The molecule has 4 rings (SSSR count). The maximum atomic E-state index is 10.5. The Morgan fingerprint density at radius 3 is 2.96 bits per heavy atom. The number of nitrogens with zero attached hydrogens (tertiary/aromatic N) is 3. The zero-order chi connectivity index (χ0) is 18.3. The molecule has 3 aliphatic heterocycles. The molecule has 0 spiro atoms. The van der Waals surface area contributed by atoms with Crippen LogP contribution < -0.4 is 0 Å². The molecule has 26 heavy (non-hydrogen) atoms. The summed E-state index contributed by atoms with van der Waals surface area (Å²) in [5, 5.41) is 26.7. The monoisotopic (exact) mass is 375 g/mol. The fourth-order valence-corrected chi connectivity index (χ4v) is 4.20. The van der Waals surface area contributed by atoms with Crippen molar-refractivity contribution in [2.45, 2.75) is 57.1 Å².